The van der Waals surface area contributed by atoms with Crippen molar-refractivity contribution in [3.05, 3.63) is 29.1 Å². The van der Waals surface area contributed by atoms with Crippen molar-refractivity contribution in [2.24, 2.45) is 0 Å². The lowest BCUT2D eigenvalue weighted by Gasteiger charge is -2.13. The minimum atomic E-state index is -2.19. The maximum absolute atomic E-state index is 13.3. The van der Waals surface area contributed by atoms with Gasteiger partial charge in [0.15, 0.2) is 0 Å². The Morgan fingerprint density at radius 3 is 1.94 bits per heavy atom. The van der Waals surface area contributed by atoms with Crippen LogP contribution in [0.25, 0.3) is 0 Å². The Balaban J connectivity index is 2.42. The van der Waals surface area contributed by atoms with Crippen molar-refractivity contribution in [2.75, 3.05) is 7.05 Å². The fourth-order valence-corrected chi connectivity index (χ4v) is 1.71. The summed E-state index contributed by atoms with van der Waals surface area (Å²) in [5, 5.41) is 0. The van der Waals surface area contributed by atoms with Crippen molar-refractivity contribution in [1.29, 1.82) is 0 Å². The lowest BCUT2D eigenvalue weighted by Crippen LogP contribution is -2.26. The molecule has 0 fully saturated rings. The molecule has 0 aromatic heterocycles. The van der Waals surface area contributed by atoms with Crippen molar-refractivity contribution >= 4 is 6.21 Å². The summed E-state index contributed by atoms with van der Waals surface area (Å²) in [6.45, 7) is 0. The number of halogens is 5. The van der Waals surface area contributed by atoms with E-state index in [-0.39, 0.29) is 0 Å². The Labute approximate surface area is 99.3 Å². The Bertz CT molecular complexity index is 500. The molecule has 0 saturated carbocycles. The molecule has 18 heavy (non-hydrogen) atoms. The number of nitrogens with zero attached hydrogens (tertiary/aromatic N) is 1. The zero-order valence-electron chi connectivity index (χ0n) is 9.31. The molecule has 1 heterocycles. The van der Waals surface area contributed by atoms with Gasteiger partial charge in [-0.1, -0.05) is 0 Å². The van der Waals surface area contributed by atoms with Crippen LogP contribution in [0.4, 0.5) is 22.0 Å². The highest BCUT2D eigenvalue weighted by Crippen LogP contribution is 2.30. The third-order valence-corrected chi connectivity index (χ3v) is 2.71. The van der Waals surface area contributed by atoms with Crippen LogP contribution in [-0.2, 0) is 0 Å². The van der Waals surface area contributed by atoms with Gasteiger partial charge < -0.3 is 4.74 Å². The average Bonchev–Trinajstić information content (AvgIpc) is 2.75. The van der Waals surface area contributed by atoms with E-state index in [1.807, 2.05) is 0 Å². The number of hydrogen-bond acceptors (Lipinski definition) is 1. The van der Waals surface area contributed by atoms with Gasteiger partial charge in [0.1, 0.15) is 13.3 Å². The summed E-state index contributed by atoms with van der Waals surface area (Å²) >= 11 is 0. The van der Waals surface area contributed by atoms with Gasteiger partial charge >= 0.3 is 0 Å². The third kappa shape index (κ3) is 1.93. The number of rotatable bonds is 2. The van der Waals surface area contributed by atoms with Crippen LogP contribution in [0, 0.1) is 29.1 Å². The fraction of sp³-hybridized carbons (Fsp3) is 0.364. The Hall–Kier alpha value is -1.66. The van der Waals surface area contributed by atoms with E-state index >= 15 is 0 Å². The molecule has 0 radical (unpaired) electrons. The van der Waals surface area contributed by atoms with Crippen LogP contribution in [0.5, 0.6) is 5.75 Å². The first-order valence-corrected chi connectivity index (χ1v) is 5.16. The maximum atomic E-state index is 13.3. The first kappa shape index (κ1) is 12.8. The molecular weight excluding hydrogens is 257 g/mol. The minimum absolute atomic E-state index is 0.413. The number of hydrogen-bond donors (Lipinski definition) is 0. The van der Waals surface area contributed by atoms with E-state index in [9.17, 15) is 22.0 Å². The van der Waals surface area contributed by atoms with Gasteiger partial charge in [0.25, 0.3) is 6.23 Å². The predicted molar refractivity (Wildman–Crippen MR) is 52.1 cm³/mol. The second-order valence-electron chi connectivity index (χ2n) is 3.90. The summed E-state index contributed by atoms with van der Waals surface area (Å²) in [5.41, 5.74) is 0. The van der Waals surface area contributed by atoms with Crippen LogP contribution in [0.3, 0.4) is 0 Å². The van der Waals surface area contributed by atoms with Gasteiger partial charge in [0.05, 0.1) is 6.42 Å². The first-order valence-electron chi connectivity index (χ1n) is 5.16. The molecule has 1 aliphatic heterocycles. The van der Waals surface area contributed by atoms with Gasteiger partial charge in [-0.25, -0.2) is 17.7 Å². The molecule has 0 amide bonds. The van der Waals surface area contributed by atoms with E-state index in [4.69, 9.17) is 4.74 Å². The summed E-state index contributed by atoms with van der Waals surface area (Å²) in [7, 11) is 1.59. The largest absolute Gasteiger partial charge is 0.428 e. The molecule has 2 rings (SSSR count). The van der Waals surface area contributed by atoms with Crippen LogP contribution >= 0.6 is 0 Å². The fourth-order valence-electron chi connectivity index (χ4n) is 1.71. The molecule has 0 saturated heterocycles. The van der Waals surface area contributed by atoms with E-state index in [2.05, 4.69) is 0 Å². The SMILES string of the molecule is C[N+]1=CCCC1Oc1c(F)c(F)c(F)c(F)c1F. The molecule has 1 unspecified atom stereocenters. The summed E-state index contributed by atoms with van der Waals surface area (Å²) in [5.74, 6) is -11.3. The average molecular weight is 266 g/mol. The van der Waals surface area contributed by atoms with Crippen LogP contribution in [-0.4, -0.2) is 24.1 Å². The standard InChI is InChI=1S/C11H9F5NO/c1-17-4-2-3-5(17)18-11-9(15)7(13)6(12)8(14)10(11)16/h4-5H,2-3H2,1H3/q+1. The van der Waals surface area contributed by atoms with E-state index in [1.54, 1.807) is 13.3 Å². The van der Waals surface area contributed by atoms with Crippen LogP contribution in [0.1, 0.15) is 12.8 Å². The van der Waals surface area contributed by atoms with E-state index in [0.717, 1.165) is 0 Å². The molecular formula is C11H9F5NO+. The Morgan fingerprint density at radius 1 is 1.00 bits per heavy atom. The molecule has 0 N–H and O–H groups in total. The monoisotopic (exact) mass is 266 g/mol. The summed E-state index contributed by atoms with van der Waals surface area (Å²) in [4.78, 5) is 0. The smallest absolute Gasteiger partial charge is 0.297 e. The third-order valence-electron chi connectivity index (χ3n) is 2.71. The lowest BCUT2D eigenvalue weighted by atomic mass is 10.2. The highest BCUT2D eigenvalue weighted by atomic mass is 19.2. The van der Waals surface area contributed by atoms with Crippen molar-refractivity contribution in [2.45, 2.75) is 19.1 Å². The molecule has 7 heteroatoms. The van der Waals surface area contributed by atoms with Crippen molar-refractivity contribution in [3.8, 4) is 5.75 Å². The molecule has 1 aromatic carbocycles. The Morgan fingerprint density at radius 2 is 1.50 bits per heavy atom. The van der Waals surface area contributed by atoms with Crippen molar-refractivity contribution in [1.82, 2.24) is 0 Å². The highest BCUT2D eigenvalue weighted by molar-refractivity contribution is 5.52. The molecule has 0 bridgehead atoms. The first-order chi connectivity index (χ1) is 8.43. The van der Waals surface area contributed by atoms with Crippen LogP contribution in [0.2, 0.25) is 0 Å². The molecule has 98 valence electrons. The second kappa shape index (κ2) is 4.55. The van der Waals surface area contributed by atoms with E-state index < -0.39 is 41.1 Å². The predicted octanol–water partition coefficient (Wildman–Crippen LogP) is 2.59. The van der Waals surface area contributed by atoms with Gasteiger partial charge in [-0.05, 0) is 0 Å². The molecule has 2 nitrogen and oxygen atoms in total. The Kier molecular flexibility index (Phi) is 3.23. The summed E-state index contributed by atoms with van der Waals surface area (Å²) in [6, 6.07) is 0. The van der Waals surface area contributed by atoms with Gasteiger partial charge in [-0.2, -0.15) is 8.78 Å². The number of benzene rings is 1. The van der Waals surface area contributed by atoms with E-state index in [1.165, 1.54) is 4.58 Å². The topological polar surface area (TPSA) is 12.2 Å². The molecule has 1 aromatic rings. The van der Waals surface area contributed by atoms with Gasteiger partial charge in [-0.15, -0.1) is 0 Å². The molecule has 0 spiro atoms. The van der Waals surface area contributed by atoms with Gasteiger partial charge in [-0.3, -0.25) is 0 Å². The normalized spacial score (nSPS) is 19.0. The van der Waals surface area contributed by atoms with Gasteiger partial charge in [0, 0.05) is 6.42 Å². The molecule has 1 atom stereocenters. The quantitative estimate of drug-likeness (QED) is 0.347. The second-order valence-corrected chi connectivity index (χ2v) is 3.90. The highest BCUT2D eigenvalue weighted by Gasteiger charge is 2.32. The number of ether oxygens (including phenoxy) is 1. The van der Waals surface area contributed by atoms with Gasteiger partial charge in [0.2, 0.25) is 34.8 Å². The molecule has 0 aliphatic carbocycles. The summed E-state index contributed by atoms with van der Waals surface area (Å²) < 4.78 is 71.6. The van der Waals surface area contributed by atoms with E-state index in [0.29, 0.717) is 12.8 Å². The zero-order chi connectivity index (χ0) is 13.4. The maximum Gasteiger partial charge on any atom is 0.297 e. The summed E-state index contributed by atoms with van der Waals surface area (Å²) in [6.07, 6.45) is 1.99. The van der Waals surface area contributed by atoms with Crippen LogP contribution in [0.15, 0.2) is 0 Å². The molecule has 1 aliphatic rings. The van der Waals surface area contributed by atoms with Crippen molar-refractivity contribution in [3.63, 3.8) is 0 Å². The van der Waals surface area contributed by atoms with Crippen LogP contribution < -0.4 is 4.74 Å². The zero-order valence-corrected chi connectivity index (χ0v) is 9.31. The lowest BCUT2D eigenvalue weighted by molar-refractivity contribution is -0.565. The minimum Gasteiger partial charge on any atom is -0.428 e. The van der Waals surface area contributed by atoms with Crippen molar-refractivity contribution < 1.29 is 31.3 Å².